The summed E-state index contributed by atoms with van der Waals surface area (Å²) in [5.74, 6) is -0.917. The van der Waals surface area contributed by atoms with Gasteiger partial charge in [0.1, 0.15) is 17.9 Å². The molecule has 0 spiro atoms. The van der Waals surface area contributed by atoms with Gasteiger partial charge >= 0.3 is 6.03 Å². The molecule has 0 bridgehead atoms. The van der Waals surface area contributed by atoms with Gasteiger partial charge in [-0.25, -0.2) is 9.69 Å². The number of benzene rings is 3. The summed E-state index contributed by atoms with van der Waals surface area (Å²) in [6.45, 7) is 4.04. The molecule has 4 rings (SSSR count). The molecule has 0 atom stereocenters. The van der Waals surface area contributed by atoms with Crippen LogP contribution in [0.2, 0.25) is 0 Å². The minimum absolute atomic E-state index is 0.147. The van der Waals surface area contributed by atoms with Crippen LogP contribution in [0.4, 0.5) is 10.5 Å². The van der Waals surface area contributed by atoms with E-state index >= 15 is 0 Å². The highest BCUT2D eigenvalue weighted by Gasteiger charge is 2.37. The molecular weight excluding hydrogens is 484 g/mol. The van der Waals surface area contributed by atoms with Crippen molar-refractivity contribution in [2.45, 2.75) is 20.5 Å². The normalized spacial score (nSPS) is 15.1. The first-order valence-electron chi connectivity index (χ1n) is 10.3. The van der Waals surface area contributed by atoms with Gasteiger partial charge < -0.3 is 4.74 Å². The second-order valence-electron chi connectivity index (χ2n) is 7.67. The Bertz CT molecular complexity index is 1300. The molecule has 6 nitrogen and oxygen atoms in total. The fourth-order valence-electron chi connectivity index (χ4n) is 3.59. The summed E-state index contributed by atoms with van der Waals surface area (Å²) in [7, 11) is 0. The van der Waals surface area contributed by atoms with E-state index in [2.05, 4.69) is 21.2 Å². The number of barbiturate groups is 1. The molecule has 1 saturated heterocycles. The molecule has 1 aliphatic heterocycles. The number of carbonyl (C=O) groups excluding carboxylic acids is 3. The average Bonchev–Trinajstić information content (AvgIpc) is 2.78. The number of nitrogens with zero attached hydrogens (tertiary/aromatic N) is 1. The van der Waals surface area contributed by atoms with Gasteiger partial charge in [-0.15, -0.1) is 0 Å². The third-order valence-electron chi connectivity index (χ3n) is 5.25. The number of amides is 4. The third-order valence-corrected chi connectivity index (χ3v) is 6.03. The first-order chi connectivity index (χ1) is 15.8. The van der Waals surface area contributed by atoms with E-state index < -0.39 is 17.8 Å². The van der Waals surface area contributed by atoms with Crippen molar-refractivity contribution in [2.75, 3.05) is 4.90 Å². The fourth-order valence-corrected chi connectivity index (χ4v) is 3.99. The molecular formula is C26H21BrN2O4. The summed E-state index contributed by atoms with van der Waals surface area (Å²) in [5, 5.41) is 2.27. The highest BCUT2D eigenvalue weighted by molar-refractivity contribution is 9.10. The van der Waals surface area contributed by atoms with Crippen LogP contribution < -0.4 is 15.0 Å². The maximum Gasteiger partial charge on any atom is 0.335 e. The Morgan fingerprint density at radius 1 is 0.970 bits per heavy atom. The minimum atomic E-state index is -0.771. The summed E-state index contributed by atoms with van der Waals surface area (Å²) in [4.78, 5) is 39.3. The summed E-state index contributed by atoms with van der Waals surface area (Å²) in [6.07, 6.45) is 1.45. The lowest BCUT2D eigenvalue weighted by Gasteiger charge is -2.27. The van der Waals surface area contributed by atoms with Crippen LogP contribution in [0.25, 0.3) is 6.08 Å². The lowest BCUT2D eigenvalue weighted by atomic mass is 10.0. The number of nitrogens with one attached hydrogen (secondary N) is 1. The van der Waals surface area contributed by atoms with Gasteiger partial charge in [0.05, 0.1) is 5.69 Å². The van der Waals surface area contributed by atoms with Crippen molar-refractivity contribution < 1.29 is 19.1 Å². The van der Waals surface area contributed by atoms with Crippen molar-refractivity contribution in [1.82, 2.24) is 5.32 Å². The Balaban J connectivity index is 1.67. The van der Waals surface area contributed by atoms with Crippen molar-refractivity contribution in [3.63, 3.8) is 0 Å². The zero-order valence-electron chi connectivity index (χ0n) is 18.1. The second kappa shape index (κ2) is 9.42. The number of rotatable bonds is 5. The average molecular weight is 505 g/mol. The van der Waals surface area contributed by atoms with E-state index in [-0.39, 0.29) is 5.57 Å². The van der Waals surface area contributed by atoms with Crippen LogP contribution in [-0.2, 0) is 16.2 Å². The number of hydrogen-bond acceptors (Lipinski definition) is 4. The van der Waals surface area contributed by atoms with Gasteiger partial charge in [-0.1, -0.05) is 70.0 Å². The quantitative estimate of drug-likeness (QED) is 0.377. The molecule has 0 saturated carbocycles. The molecule has 166 valence electrons. The Kier molecular flexibility index (Phi) is 6.42. The minimum Gasteiger partial charge on any atom is -0.488 e. The van der Waals surface area contributed by atoms with E-state index in [0.717, 1.165) is 26.1 Å². The molecule has 0 aromatic heterocycles. The molecule has 7 heteroatoms. The van der Waals surface area contributed by atoms with Crippen molar-refractivity contribution in [2.24, 2.45) is 0 Å². The van der Waals surface area contributed by atoms with Crippen molar-refractivity contribution in [3.05, 3.63) is 99.0 Å². The van der Waals surface area contributed by atoms with Gasteiger partial charge in [-0.2, -0.15) is 0 Å². The highest BCUT2D eigenvalue weighted by atomic mass is 79.9. The van der Waals surface area contributed by atoms with Crippen LogP contribution in [0.5, 0.6) is 5.75 Å². The maximum atomic E-state index is 13.3. The lowest BCUT2D eigenvalue weighted by Crippen LogP contribution is -2.54. The molecule has 1 heterocycles. The summed E-state index contributed by atoms with van der Waals surface area (Å²) >= 11 is 3.50. The summed E-state index contributed by atoms with van der Waals surface area (Å²) in [6, 6.07) is 19.4. The molecule has 4 amide bonds. The Hall–Kier alpha value is -3.71. The van der Waals surface area contributed by atoms with E-state index in [9.17, 15) is 14.4 Å². The van der Waals surface area contributed by atoms with Gasteiger partial charge in [-0.3, -0.25) is 14.9 Å². The van der Waals surface area contributed by atoms with Crippen LogP contribution >= 0.6 is 15.9 Å². The number of para-hydroxylation sites is 1. The van der Waals surface area contributed by atoms with Crippen molar-refractivity contribution in [3.8, 4) is 5.75 Å². The largest absolute Gasteiger partial charge is 0.488 e. The molecule has 33 heavy (non-hydrogen) atoms. The van der Waals surface area contributed by atoms with E-state index in [1.165, 1.54) is 6.08 Å². The van der Waals surface area contributed by atoms with Crippen LogP contribution in [0.3, 0.4) is 0 Å². The van der Waals surface area contributed by atoms with Gasteiger partial charge in [0.15, 0.2) is 0 Å². The van der Waals surface area contributed by atoms with Crippen molar-refractivity contribution >= 4 is 45.5 Å². The Morgan fingerprint density at radius 2 is 1.70 bits per heavy atom. The Labute approximate surface area is 200 Å². The van der Waals surface area contributed by atoms with E-state index in [1.54, 1.807) is 24.3 Å². The first-order valence-corrected chi connectivity index (χ1v) is 11.1. The number of urea groups is 1. The number of hydrogen-bond donors (Lipinski definition) is 1. The predicted octanol–water partition coefficient (Wildman–Crippen LogP) is 5.31. The van der Waals surface area contributed by atoms with E-state index in [4.69, 9.17) is 4.74 Å². The number of imide groups is 2. The van der Waals surface area contributed by atoms with Gasteiger partial charge in [0.2, 0.25) is 0 Å². The fraction of sp³-hybridized carbons (Fsp3) is 0.115. The zero-order chi connectivity index (χ0) is 23.5. The molecule has 0 unspecified atom stereocenters. The number of halogens is 1. The zero-order valence-corrected chi connectivity index (χ0v) is 19.7. The van der Waals surface area contributed by atoms with Crippen molar-refractivity contribution in [1.29, 1.82) is 0 Å². The molecule has 0 aliphatic carbocycles. The molecule has 1 fully saturated rings. The monoisotopic (exact) mass is 504 g/mol. The molecule has 0 radical (unpaired) electrons. The molecule has 1 N–H and O–H groups in total. The topological polar surface area (TPSA) is 75.7 Å². The number of anilines is 1. The molecule has 1 aliphatic rings. The van der Waals surface area contributed by atoms with Crippen LogP contribution in [-0.4, -0.2) is 17.8 Å². The van der Waals surface area contributed by atoms with Gasteiger partial charge in [0.25, 0.3) is 11.8 Å². The van der Waals surface area contributed by atoms with Gasteiger partial charge in [0, 0.05) is 15.6 Å². The molecule has 3 aromatic carbocycles. The second-order valence-corrected chi connectivity index (χ2v) is 8.52. The third kappa shape index (κ3) is 4.73. The predicted molar refractivity (Wildman–Crippen MR) is 130 cm³/mol. The number of ether oxygens (including phenoxy) is 1. The lowest BCUT2D eigenvalue weighted by molar-refractivity contribution is -0.122. The summed E-state index contributed by atoms with van der Waals surface area (Å²) < 4.78 is 6.90. The highest BCUT2D eigenvalue weighted by Crippen LogP contribution is 2.28. The summed E-state index contributed by atoms with van der Waals surface area (Å²) in [5.41, 5.74) is 3.55. The van der Waals surface area contributed by atoms with Crippen LogP contribution in [0.1, 0.15) is 22.3 Å². The standard InChI is InChI=1S/C26H21BrN2O4/c1-16-11-12-22(17(2)13-16)29-25(31)20(24(30)28-26(29)32)14-18-7-4-6-10-23(18)33-15-19-8-3-5-9-21(19)27/h3-14H,15H2,1-2H3,(H,28,30,32)/b20-14+. The SMILES string of the molecule is Cc1ccc(N2C(=O)NC(=O)/C(=C\c3ccccc3OCc3ccccc3Br)C2=O)c(C)c1. The van der Waals surface area contributed by atoms with Crippen LogP contribution in [0, 0.1) is 13.8 Å². The number of carbonyl (C=O) groups is 3. The van der Waals surface area contributed by atoms with E-state index in [0.29, 0.717) is 23.6 Å². The first kappa shape index (κ1) is 22.5. The molecule has 3 aromatic rings. The smallest absolute Gasteiger partial charge is 0.335 e. The van der Waals surface area contributed by atoms with E-state index in [1.807, 2.05) is 56.3 Å². The van der Waals surface area contributed by atoms with Crippen LogP contribution in [0.15, 0.2) is 76.8 Å². The Morgan fingerprint density at radius 3 is 2.45 bits per heavy atom. The van der Waals surface area contributed by atoms with Gasteiger partial charge in [-0.05, 0) is 43.7 Å². The number of aryl methyl sites for hydroxylation is 2. The maximum absolute atomic E-state index is 13.3.